The average molecular weight is 422 g/mol. The summed E-state index contributed by atoms with van der Waals surface area (Å²) < 4.78 is 8.44. The number of carbonyl (C=O) groups excluding carboxylic acids is 1. The number of benzene rings is 2. The molecular weight excluding hydrogens is 386 g/mol. The van der Waals surface area contributed by atoms with Crippen LogP contribution in [0.15, 0.2) is 42.5 Å². The summed E-state index contributed by atoms with van der Waals surface area (Å²) in [6, 6.07) is 14.6. The number of fused-ring (bicyclic) bond motifs is 1. The lowest BCUT2D eigenvalue weighted by molar-refractivity contribution is -0.123. The predicted molar refractivity (Wildman–Crippen MR) is 127 cm³/mol. The van der Waals surface area contributed by atoms with Gasteiger partial charge in [-0.2, -0.15) is 0 Å². The molecule has 5 heteroatoms. The molecule has 31 heavy (non-hydrogen) atoms. The van der Waals surface area contributed by atoms with E-state index < -0.39 is 0 Å². The van der Waals surface area contributed by atoms with Gasteiger partial charge in [0.1, 0.15) is 11.6 Å². The molecule has 3 rings (SSSR count). The van der Waals surface area contributed by atoms with Gasteiger partial charge in [0.25, 0.3) is 0 Å². The summed E-state index contributed by atoms with van der Waals surface area (Å²) in [7, 11) is 0. The molecule has 2 aromatic carbocycles. The van der Waals surface area contributed by atoms with Gasteiger partial charge in [-0.05, 0) is 48.6 Å². The van der Waals surface area contributed by atoms with Crippen molar-refractivity contribution in [3.05, 3.63) is 59.4 Å². The minimum absolute atomic E-state index is 0.00619. The van der Waals surface area contributed by atoms with Crippen LogP contribution in [0, 0.1) is 12.8 Å². The monoisotopic (exact) mass is 421 g/mol. The largest absolute Gasteiger partial charge is 0.493 e. The van der Waals surface area contributed by atoms with Crippen molar-refractivity contribution in [2.75, 3.05) is 13.2 Å². The summed E-state index contributed by atoms with van der Waals surface area (Å²) >= 11 is 0. The topological polar surface area (TPSA) is 56.1 Å². The number of carbonyl (C=O) groups is 1. The molecule has 0 fully saturated rings. The molecule has 0 spiro atoms. The summed E-state index contributed by atoms with van der Waals surface area (Å²) in [6.07, 6.45) is 1.60. The summed E-state index contributed by atoms with van der Waals surface area (Å²) in [6.45, 7) is 12.4. The van der Waals surface area contributed by atoms with Gasteiger partial charge in [-0.1, -0.05) is 52.0 Å². The Balaban J connectivity index is 1.66. The number of imidazole rings is 1. The molecule has 0 unspecified atom stereocenters. The molecule has 0 saturated heterocycles. The number of nitrogens with zero attached hydrogens (tertiary/aromatic N) is 2. The van der Waals surface area contributed by atoms with Crippen molar-refractivity contribution in [3.8, 4) is 5.75 Å². The first-order valence-corrected chi connectivity index (χ1v) is 11.3. The maximum absolute atomic E-state index is 11.9. The molecule has 3 aromatic rings. The van der Waals surface area contributed by atoms with Crippen molar-refractivity contribution < 1.29 is 9.53 Å². The molecule has 166 valence electrons. The van der Waals surface area contributed by atoms with Gasteiger partial charge < -0.3 is 14.6 Å². The molecule has 0 bridgehead atoms. The second-order valence-corrected chi connectivity index (χ2v) is 8.76. The Morgan fingerprint density at radius 3 is 2.65 bits per heavy atom. The van der Waals surface area contributed by atoms with E-state index in [0.717, 1.165) is 35.6 Å². The highest BCUT2D eigenvalue weighted by atomic mass is 16.5. The highest BCUT2D eigenvalue weighted by Crippen LogP contribution is 2.27. The normalized spacial score (nSPS) is 11.5. The molecular formula is C26H35N3O2. The van der Waals surface area contributed by atoms with Gasteiger partial charge in [0, 0.05) is 25.4 Å². The minimum Gasteiger partial charge on any atom is -0.493 e. The van der Waals surface area contributed by atoms with Gasteiger partial charge in [0.15, 0.2) is 0 Å². The maximum atomic E-state index is 11.9. The first kappa shape index (κ1) is 22.9. The number of para-hydroxylation sites is 2. The molecule has 0 aliphatic rings. The highest BCUT2D eigenvalue weighted by Gasteiger charge is 2.12. The third-order valence-corrected chi connectivity index (χ3v) is 5.48. The van der Waals surface area contributed by atoms with E-state index in [-0.39, 0.29) is 11.8 Å². The van der Waals surface area contributed by atoms with Crippen LogP contribution in [-0.4, -0.2) is 28.6 Å². The lowest BCUT2D eigenvalue weighted by atomic mass is 10.0. The zero-order chi connectivity index (χ0) is 22.4. The van der Waals surface area contributed by atoms with Crippen LogP contribution in [0.2, 0.25) is 0 Å². The van der Waals surface area contributed by atoms with E-state index in [4.69, 9.17) is 9.72 Å². The number of ether oxygens (including phenoxy) is 1. The first-order valence-electron chi connectivity index (χ1n) is 11.3. The molecule has 1 aromatic heterocycles. The van der Waals surface area contributed by atoms with Crippen molar-refractivity contribution in [1.82, 2.24) is 14.9 Å². The smallest absolute Gasteiger partial charge is 0.222 e. The van der Waals surface area contributed by atoms with E-state index in [2.05, 4.69) is 54.9 Å². The predicted octanol–water partition coefficient (Wildman–Crippen LogP) is 5.25. The van der Waals surface area contributed by atoms with Crippen LogP contribution in [0.1, 0.15) is 57.0 Å². The lowest BCUT2D eigenvalue weighted by Gasteiger charge is -2.15. The number of hydrogen-bond acceptors (Lipinski definition) is 3. The molecule has 1 amide bonds. The zero-order valence-electron chi connectivity index (χ0n) is 19.4. The van der Waals surface area contributed by atoms with E-state index in [9.17, 15) is 4.79 Å². The van der Waals surface area contributed by atoms with E-state index in [1.54, 1.807) is 0 Å². The van der Waals surface area contributed by atoms with E-state index in [0.29, 0.717) is 25.5 Å². The number of aromatic nitrogens is 2. The number of aryl methyl sites for hydroxylation is 2. The first-order chi connectivity index (χ1) is 14.9. The molecule has 0 saturated carbocycles. The van der Waals surface area contributed by atoms with Crippen LogP contribution < -0.4 is 10.1 Å². The molecule has 1 heterocycles. The summed E-state index contributed by atoms with van der Waals surface area (Å²) in [5.74, 6) is 2.50. The maximum Gasteiger partial charge on any atom is 0.222 e. The second-order valence-electron chi connectivity index (χ2n) is 8.76. The lowest BCUT2D eigenvalue weighted by Crippen LogP contribution is -2.30. The molecule has 1 N–H and O–H groups in total. The fraction of sp³-hybridized carbons (Fsp3) is 0.462. The molecule has 0 aliphatic carbocycles. The van der Waals surface area contributed by atoms with Gasteiger partial charge in [-0.25, -0.2) is 4.98 Å². The number of nitrogens with one attached hydrogen (secondary N) is 1. The average Bonchev–Trinajstić information content (AvgIpc) is 3.08. The van der Waals surface area contributed by atoms with Crippen molar-refractivity contribution in [2.24, 2.45) is 5.92 Å². The zero-order valence-corrected chi connectivity index (χ0v) is 19.4. The Hall–Kier alpha value is -2.82. The van der Waals surface area contributed by atoms with Crippen LogP contribution in [0.5, 0.6) is 5.75 Å². The Morgan fingerprint density at radius 1 is 1.13 bits per heavy atom. The van der Waals surface area contributed by atoms with Gasteiger partial charge in [0.2, 0.25) is 5.91 Å². The van der Waals surface area contributed by atoms with Gasteiger partial charge in [-0.15, -0.1) is 0 Å². The molecule has 0 atom stereocenters. The summed E-state index contributed by atoms with van der Waals surface area (Å²) in [5.41, 5.74) is 4.59. The number of rotatable bonds is 10. The third kappa shape index (κ3) is 5.87. The van der Waals surface area contributed by atoms with Crippen molar-refractivity contribution in [2.45, 2.75) is 59.9 Å². The Labute approximate surface area is 185 Å². The van der Waals surface area contributed by atoms with Crippen molar-refractivity contribution in [3.63, 3.8) is 0 Å². The van der Waals surface area contributed by atoms with Gasteiger partial charge in [-0.3, -0.25) is 4.79 Å². The second kappa shape index (κ2) is 10.5. The quantitative estimate of drug-likeness (QED) is 0.455. The van der Waals surface area contributed by atoms with Gasteiger partial charge >= 0.3 is 0 Å². The molecule has 0 aliphatic heterocycles. The SMILES string of the molecule is Cc1ccc(C(C)C)c(OCCCn2c(CCNC(=O)C(C)C)nc3ccccc32)c1. The van der Waals surface area contributed by atoms with Gasteiger partial charge in [0.05, 0.1) is 17.6 Å². The standard InChI is InChI=1S/C26H35N3O2/c1-18(2)21-12-11-20(5)17-24(21)31-16-8-15-29-23-10-7-6-9-22(23)28-25(29)13-14-27-26(30)19(3)4/h6-7,9-12,17-19H,8,13-16H2,1-5H3,(H,27,30). The summed E-state index contributed by atoms with van der Waals surface area (Å²) in [4.78, 5) is 16.7. The van der Waals surface area contributed by atoms with E-state index >= 15 is 0 Å². The third-order valence-electron chi connectivity index (χ3n) is 5.48. The Kier molecular flexibility index (Phi) is 7.72. The Bertz CT molecular complexity index is 1020. The highest BCUT2D eigenvalue weighted by molar-refractivity contribution is 5.78. The molecule has 5 nitrogen and oxygen atoms in total. The fourth-order valence-electron chi connectivity index (χ4n) is 3.72. The Morgan fingerprint density at radius 2 is 1.90 bits per heavy atom. The van der Waals surface area contributed by atoms with Crippen LogP contribution >= 0.6 is 0 Å². The van der Waals surface area contributed by atoms with E-state index in [1.165, 1.54) is 11.1 Å². The van der Waals surface area contributed by atoms with Crippen molar-refractivity contribution in [1.29, 1.82) is 0 Å². The van der Waals surface area contributed by atoms with Crippen molar-refractivity contribution >= 4 is 16.9 Å². The summed E-state index contributed by atoms with van der Waals surface area (Å²) in [5, 5.41) is 3.00. The minimum atomic E-state index is -0.00619. The fourth-order valence-corrected chi connectivity index (χ4v) is 3.72. The van der Waals surface area contributed by atoms with Crippen LogP contribution in [0.3, 0.4) is 0 Å². The molecule has 0 radical (unpaired) electrons. The number of amides is 1. The van der Waals surface area contributed by atoms with Crippen LogP contribution in [0.4, 0.5) is 0 Å². The van der Waals surface area contributed by atoms with Crippen LogP contribution in [0.25, 0.3) is 11.0 Å². The number of hydrogen-bond donors (Lipinski definition) is 1. The van der Waals surface area contributed by atoms with E-state index in [1.807, 2.05) is 32.0 Å². The van der Waals surface area contributed by atoms with Crippen LogP contribution in [-0.2, 0) is 17.8 Å².